The molecular weight excluding hydrogens is 328 g/mol. The predicted molar refractivity (Wildman–Crippen MR) is 76.1 cm³/mol. The van der Waals surface area contributed by atoms with Crippen molar-refractivity contribution >= 4 is 33.4 Å². The molecule has 0 heterocycles. The summed E-state index contributed by atoms with van der Waals surface area (Å²) in [5.41, 5.74) is 0.616. The summed E-state index contributed by atoms with van der Waals surface area (Å²) in [7, 11) is 0. The highest BCUT2D eigenvalue weighted by molar-refractivity contribution is 9.10. The topological polar surface area (TPSA) is 66.9 Å². The Morgan fingerprint density at radius 1 is 1.21 bits per heavy atom. The molecule has 0 atom stereocenters. The van der Waals surface area contributed by atoms with Gasteiger partial charge in [-0.25, -0.2) is 0 Å². The molecule has 0 aromatic heterocycles. The van der Waals surface area contributed by atoms with Gasteiger partial charge in [-0.15, -0.1) is 0 Å². The summed E-state index contributed by atoms with van der Waals surface area (Å²) in [5, 5.41) is 19.7. The van der Waals surface area contributed by atoms with E-state index in [0.717, 1.165) is 14.3 Å². The molecule has 0 N–H and O–H groups in total. The maximum atomic E-state index is 10.6. The van der Waals surface area contributed by atoms with Gasteiger partial charge in [0.25, 0.3) is 5.69 Å². The van der Waals surface area contributed by atoms with Crippen LogP contribution in [0.5, 0.6) is 0 Å². The van der Waals surface area contributed by atoms with Crippen molar-refractivity contribution in [1.29, 1.82) is 5.26 Å². The molecule has 0 aliphatic heterocycles. The first-order chi connectivity index (χ1) is 9.11. The SMILES string of the molecule is N#Cc1c(Br)cccc1Sc1ccc([N+](=O)[O-])cc1. The van der Waals surface area contributed by atoms with Gasteiger partial charge in [0.1, 0.15) is 6.07 Å². The number of nitriles is 1. The Hall–Kier alpha value is -1.84. The van der Waals surface area contributed by atoms with Crippen LogP contribution in [0.4, 0.5) is 5.69 Å². The monoisotopic (exact) mass is 334 g/mol. The van der Waals surface area contributed by atoms with Crippen molar-refractivity contribution in [3.05, 3.63) is 62.6 Å². The quantitative estimate of drug-likeness (QED) is 0.617. The van der Waals surface area contributed by atoms with Crippen molar-refractivity contribution in [2.24, 2.45) is 0 Å². The van der Waals surface area contributed by atoms with Crippen molar-refractivity contribution in [2.45, 2.75) is 9.79 Å². The second-order valence-corrected chi connectivity index (χ2v) is 5.55. The van der Waals surface area contributed by atoms with E-state index >= 15 is 0 Å². The molecule has 0 saturated heterocycles. The number of nitro benzene ring substituents is 1. The van der Waals surface area contributed by atoms with E-state index in [1.165, 1.54) is 23.9 Å². The smallest absolute Gasteiger partial charge is 0.258 e. The Balaban J connectivity index is 2.29. The zero-order chi connectivity index (χ0) is 13.8. The highest BCUT2D eigenvalue weighted by atomic mass is 79.9. The van der Waals surface area contributed by atoms with Gasteiger partial charge in [0, 0.05) is 26.4 Å². The van der Waals surface area contributed by atoms with Crippen molar-refractivity contribution < 1.29 is 4.92 Å². The van der Waals surface area contributed by atoms with Crippen LogP contribution in [0.15, 0.2) is 56.7 Å². The van der Waals surface area contributed by atoms with E-state index in [-0.39, 0.29) is 5.69 Å². The first kappa shape index (κ1) is 13.6. The van der Waals surface area contributed by atoms with Crippen LogP contribution in [0.2, 0.25) is 0 Å². The molecule has 0 unspecified atom stereocenters. The van der Waals surface area contributed by atoms with Gasteiger partial charge < -0.3 is 0 Å². The fraction of sp³-hybridized carbons (Fsp3) is 0. The molecule has 2 rings (SSSR count). The molecule has 2 aromatic rings. The average Bonchev–Trinajstić information content (AvgIpc) is 2.39. The minimum absolute atomic E-state index is 0.0547. The Kier molecular flexibility index (Phi) is 4.20. The first-order valence-corrected chi connectivity index (χ1v) is 6.83. The van der Waals surface area contributed by atoms with Crippen LogP contribution in [-0.4, -0.2) is 4.92 Å². The van der Waals surface area contributed by atoms with Crippen LogP contribution >= 0.6 is 27.7 Å². The summed E-state index contributed by atoms with van der Waals surface area (Å²) in [6.45, 7) is 0. The van der Waals surface area contributed by atoms with Crippen molar-refractivity contribution in [3.63, 3.8) is 0 Å². The van der Waals surface area contributed by atoms with E-state index in [1.807, 2.05) is 12.1 Å². The number of halogens is 1. The summed E-state index contributed by atoms with van der Waals surface area (Å²) >= 11 is 4.72. The fourth-order valence-corrected chi connectivity index (χ4v) is 2.98. The number of non-ortho nitro benzene ring substituents is 1. The predicted octanol–water partition coefficient (Wildman–Crippen LogP) is 4.38. The van der Waals surface area contributed by atoms with Crippen LogP contribution < -0.4 is 0 Å². The summed E-state index contributed by atoms with van der Waals surface area (Å²) in [6.07, 6.45) is 0. The highest BCUT2D eigenvalue weighted by Crippen LogP contribution is 2.34. The lowest BCUT2D eigenvalue weighted by Crippen LogP contribution is -1.87. The number of nitrogens with zero attached hydrogens (tertiary/aromatic N) is 2. The van der Waals surface area contributed by atoms with E-state index in [0.29, 0.717) is 5.56 Å². The maximum absolute atomic E-state index is 10.6. The fourth-order valence-electron chi connectivity index (χ4n) is 1.46. The van der Waals surface area contributed by atoms with Gasteiger partial charge in [-0.05, 0) is 40.2 Å². The van der Waals surface area contributed by atoms with Gasteiger partial charge in [0.2, 0.25) is 0 Å². The molecule has 6 heteroatoms. The normalized spacial score (nSPS) is 9.89. The van der Waals surface area contributed by atoms with Gasteiger partial charge in [-0.2, -0.15) is 5.26 Å². The molecule has 94 valence electrons. The first-order valence-electron chi connectivity index (χ1n) is 5.22. The third-order valence-corrected chi connectivity index (χ3v) is 4.09. The number of hydrogen-bond donors (Lipinski definition) is 0. The third kappa shape index (κ3) is 3.13. The molecule has 0 amide bonds. The largest absolute Gasteiger partial charge is 0.269 e. The minimum atomic E-state index is -0.436. The zero-order valence-corrected chi connectivity index (χ0v) is 11.9. The van der Waals surface area contributed by atoms with Crippen LogP contribution in [0, 0.1) is 21.4 Å². The lowest BCUT2D eigenvalue weighted by Gasteiger charge is -2.05. The minimum Gasteiger partial charge on any atom is -0.258 e. The lowest BCUT2D eigenvalue weighted by atomic mass is 10.2. The number of rotatable bonds is 3. The third-order valence-electron chi connectivity index (χ3n) is 2.36. The maximum Gasteiger partial charge on any atom is 0.269 e. The number of hydrogen-bond acceptors (Lipinski definition) is 4. The number of benzene rings is 2. The number of nitro groups is 1. The summed E-state index contributed by atoms with van der Waals surface area (Å²) in [6, 6.07) is 13.9. The van der Waals surface area contributed by atoms with Gasteiger partial charge in [0.05, 0.1) is 10.5 Å². The molecule has 0 aliphatic carbocycles. The van der Waals surface area contributed by atoms with Crippen molar-refractivity contribution in [2.75, 3.05) is 0 Å². The van der Waals surface area contributed by atoms with Crippen molar-refractivity contribution in [1.82, 2.24) is 0 Å². The molecule has 4 nitrogen and oxygen atoms in total. The molecule has 0 spiro atoms. The van der Waals surface area contributed by atoms with Gasteiger partial charge in [-0.3, -0.25) is 10.1 Å². The van der Waals surface area contributed by atoms with E-state index in [9.17, 15) is 10.1 Å². The van der Waals surface area contributed by atoms with Crippen LogP contribution in [0.1, 0.15) is 5.56 Å². The summed E-state index contributed by atoms with van der Waals surface area (Å²) in [5.74, 6) is 0. The van der Waals surface area contributed by atoms with Gasteiger partial charge in [-0.1, -0.05) is 17.8 Å². The Morgan fingerprint density at radius 2 is 1.89 bits per heavy atom. The molecule has 19 heavy (non-hydrogen) atoms. The second-order valence-electron chi connectivity index (χ2n) is 3.58. The van der Waals surface area contributed by atoms with E-state index in [4.69, 9.17) is 5.26 Å². The molecule has 0 saturated carbocycles. The van der Waals surface area contributed by atoms with Crippen LogP contribution in [0.25, 0.3) is 0 Å². The summed E-state index contributed by atoms with van der Waals surface area (Å²) < 4.78 is 0.738. The average molecular weight is 335 g/mol. The molecule has 0 fully saturated rings. The zero-order valence-electron chi connectivity index (χ0n) is 9.54. The van der Waals surface area contributed by atoms with Gasteiger partial charge >= 0.3 is 0 Å². The molecular formula is C13H7BrN2O2S. The Labute approximate surface area is 122 Å². The standard InChI is InChI=1S/C13H7BrN2O2S/c14-12-2-1-3-13(11(12)8-15)19-10-6-4-9(5-7-10)16(17)18/h1-7H. The molecule has 2 aromatic carbocycles. The van der Waals surface area contributed by atoms with Crippen molar-refractivity contribution in [3.8, 4) is 6.07 Å². The summed E-state index contributed by atoms with van der Waals surface area (Å²) in [4.78, 5) is 11.8. The molecule has 0 aliphatic rings. The van der Waals surface area contributed by atoms with Crippen LogP contribution in [0.3, 0.4) is 0 Å². The van der Waals surface area contributed by atoms with Crippen LogP contribution in [-0.2, 0) is 0 Å². The second kappa shape index (κ2) is 5.87. The Morgan fingerprint density at radius 3 is 2.47 bits per heavy atom. The molecule has 0 bridgehead atoms. The lowest BCUT2D eigenvalue weighted by molar-refractivity contribution is -0.384. The van der Waals surface area contributed by atoms with E-state index in [2.05, 4.69) is 22.0 Å². The Bertz CT molecular complexity index is 665. The van der Waals surface area contributed by atoms with E-state index < -0.39 is 4.92 Å². The highest BCUT2D eigenvalue weighted by Gasteiger charge is 2.09. The van der Waals surface area contributed by atoms with Gasteiger partial charge in [0.15, 0.2) is 0 Å². The van der Waals surface area contributed by atoms with E-state index in [1.54, 1.807) is 18.2 Å². The molecule has 0 radical (unpaired) electrons.